The molecule has 15 heavy (non-hydrogen) atoms. The zero-order chi connectivity index (χ0) is 11.4. The molecule has 1 aromatic heterocycles. The number of rotatable bonds is 4. The topological polar surface area (TPSA) is 33.1 Å². The van der Waals surface area contributed by atoms with Crippen molar-refractivity contribution in [2.45, 2.75) is 46.6 Å². The van der Waals surface area contributed by atoms with Crippen molar-refractivity contribution in [1.82, 2.24) is 4.98 Å². The van der Waals surface area contributed by atoms with Crippen molar-refractivity contribution in [2.75, 3.05) is 0 Å². The highest BCUT2D eigenvalue weighted by atomic mass is 16.3. The van der Waals surface area contributed by atoms with Crippen LogP contribution in [0.3, 0.4) is 0 Å². The maximum Gasteiger partial charge on any atom is 0.0819 e. The Morgan fingerprint density at radius 1 is 1.13 bits per heavy atom. The SMILES string of the molecule is CCC(CC)C(O)c1cc(C)nc(C)c1. The van der Waals surface area contributed by atoms with E-state index in [4.69, 9.17) is 0 Å². The summed E-state index contributed by atoms with van der Waals surface area (Å²) in [6.07, 6.45) is 1.68. The number of hydrogen-bond donors (Lipinski definition) is 1. The maximum absolute atomic E-state index is 10.2. The summed E-state index contributed by atoms with van der Waals surface area (Å²) in [5, 5.41) is 10.2. The first-order chi connectivity index (χ1) is 7.08. The Morgan fingerprint density at radius 2 is 1.60 bits per heavy atom. The van der Waals surface area contributed by atoms with Gasteiger partial charge in [0.05, 0.1) is 6.10 Å². The first-order valence-electron chi connectivity index (χ1n) is 5.71. The number of hydrogen-bond acceptors (Lipinski definition) is 2. The Bertz CT molecular complexity index is 298. The minimum Gasteiger partial charge on any atom is -0.388 e. The smallest absolute Gasteiger partial charge is 0.0819 e. The number of aliphatic hydroxyl groups excluding tert-OH is 1. The van der Waals surface area contributed by atoms with Gasteiger partial charge in [-0.15, -0.1) is 0 Å². The highest BCUT2D eigenvalue weighted by Gasteiger charge is 2.17. The van der Waals surface area contributed by atoms with E-state index in [1.807, 2.05) is 26.0 Å². The summed E-state index contributed by atoms with van der Waals surface area (Å²) in [5.74, 6) is 0.353. The van der Waals surface area contributed by atoms with Crippen molar-refractivity contribution in [1.29, 1.82) is 0 Å². The molecule has 0 aliphatic rings. The van der Waals surface area contributed by atoms with Crippen molar-refractivity contribution in [2.24, 2.45) is 5.92 Å². The zero-order valence-electron chi connectivity index (χ0n) is 10.1. The molecule has 1 rings (SSSR count). The van der Waals surface area contributed by atoms with Gasteiger partial charge in [-0.2, -0.15) is 0 Å². The lowest BCUT2D eigenvalue weighted by Crippen LogP contribution is -2.11. The molecule has 84 valence electrons. The van der Waals surface area contributed by atoms with Gasteiger partial charge in [0.1, 0.15) is 0 Å². The summed E-state index contributed by atoms with van der Waals surface area (Å²) >= 11 is 0. The van der Waals surface area contributed by atoms with E-state index < -0.39 is 0 Å². The molecule has 0 aliphatic heterocycles. The van der Waals surface area contributed by atoms with Gasteiger partial charge >= 0.3 is 0 Å². The summed E-state index contributed by atoms with van der Waals surface area (Å²) < 4.78 is 0. The fourth-order valence-corrected chi connectivity index (χ4v) is 2.04. The molecule has 0 amide bonds. The minimum atomic E-state index is -0.347. The van der Waals surface area contributed by atoms with Gasteiger partial charge in [-0.1, -0.05) is 26.7 Å². The normalized spacial score (nSPS) is 13.2. The van der Waals surface area contributed by atoms with E-state index in [-0.39, 0.29) is 6.10 Å². The first-order valence-corrected chi connectivity index (χ1v) is 5.71. The lowest BCUT2D eigenvalue weighted by Gasteiger charge is -2.20. The standard InChI is InChI=1S/C13H21NO/c1-5-11(6-2)13(15)12-7-9(3)14-10(4)8-12/h7-8,11,13,15H,5-6H2,1-4H3. The average molecular weight is 207 g/mol. The van der Waals surface area contributed by atoms with Crippen LogP contribution < -0.4 is 0 Å². The molecular formula is C13H21NO. The van der Waals surface area contributed by atoms with Gasteiger partial charge in [-0.05, 0) is 37.5 Å². The molecule has 0 fully saturated rings. The maximum atomic E-state index is 10.2. The second-order valence-corrected chi connectivity index (χ2v) is 4.20. The molecule has 2 nitrogen and oxygen atoms in total. The largest absolute Gasteiger partial charge is 0.388 e. The lowest BCUT2D eigenvalue weighted by molar-refractivity contribution is 0.103. The van der Waals surface area contributed by atoms with Crippen LogP contribution in [0, 0.1) is 19.8 Å². The Balaban J connectivity index is 2.94. The van der Waals surface area contributed by atoms with E-state index in [2.05, 4.69) is 18.8 Å². The van der Waals surface area contributed by atoms with Gasteiger partial charge in [0.25, 0.3) is 0 Å². The van der Waals surface area contributed by atoms with E-state index in [1.54, 1.807) is 0 Å². The van der Waals surface area contributed by atoms with E-state index in [9.17, 15) is 5.11 Å². The van der Waals surface area contributed by atoms with E-state index >= 15 is 0 Å². The quantitative estimate of drug-likeness (QED) is 0.822. The third kappa shape index (κ3) is 3.03. The highest BCUT2D eigenvalue weighted by Crippen LogP contribution is 2.27. The first kappa shape index (κ1) is 12.2. The second-order valence-electron chi connectivity index (χ2n) is 4.20. The Kier molecular flexibility index (Phi) is 4.28. The monoisotopic (exact) mass is 207 g/mol. The zero-order valence-corrected chi connectivity index (χ0v) is 10.1. The molecule has 2 heteroatoms. The van der Waals surface area contributed by atoms with E-state index in [1.165, 1.54) is 0 Å². The minimum absolute atomic E-state index is 0.347. The number of aromatic nitrogens is 1. The molecule has 0 aromatic carbocycles. The van der Waals surface area contributed by atoms with Gasteiger partial charge in [-0.25, -0.2) is 0 Å². The number of aryl methyl sites for hydroxylation is 2. The Morgan fingerprint density at radius 3 is 2.00 bits per heavy atom. The predicted molar refractivity (Wildman–Crippen MR) is 62.7 cm³/mol. The molecule has 1 N–H and O–H groups in total. The van der Waals surface area contributed by atoms with Crippen molar-refractivity contribution in [3.8, 4) is 0 Å². The summed E-state index contributed by atoms with van der Waals surface area (Å²) in [7, 11) is 0. The van der Waals surface area contributed by atoms with Gasteiger partial charge < -0.3 is 5.11 Å². The van der Waals surface area contributed by atoms with Gasteiger partial charge in [0, 0.05) is 11.4 Å². The average Bonchev–Trinajstić information content (AvgIpc) is 2.18. The molecular weight excluding hydrogens is 186 g/mol. The van der Waals surface area contributed by atoms with Crippen LogP contribution in [0.15, 0.2) is 12.1 Å². The van der Waals surface area contributed by atoms with Gasteiger partial charge in [-0.3, -0.25) is 4.98 Å². The molecule has 0 spiro atoms. The molecule has 1 atom stereocenters. The van der Waals surface area contributed by atoms with Crippen LogP contribution in [0.1, 0.15) is 49.7 Å². The summed E-state index contributed by atoms with van der Waals surface area (Å²) in [6.45, 7) is 8.18. The van der Waals surface area contributed by atoms with Crippen LogP contribution in [0.2, 0.25) is 0 Å². The Hall–Kier alpha value is -0.890. The van der Waals surface area contributed by atoms with Crippen molar-refractivity contribution in [3.63, 3.8) is 0 Å². The Labute approximate surface area is 92.4 Å². The molecule has 0 saturated heterocycles. The molecule has 1 unspecified atom stereocenters. The predicted octanol–water partition coefficient (Wildman–Crippen LogP) is 3.17. The van der Waals surface area contributed by atoms with E-state index in [0.717, 1.165) is 29.8 Å². The summed E-state index contributed by atoms with van der Waals surface area (Å²) in [4.78, 5) is 4.32. The summed E-state index contributed by atoms with van der Waals surface area (Å²) in [6, 6.07) is 3.96. The summed E-state index contributed by atoms with van der Waals surface area (Å²) in [5.41, 5.74) is 2.97. The molecule has 0 aliphatic carbocycles. The van der Waals surface area contributed by atoms with Crippen LogP contribution in [-0.2, 0) is 0 Å². The molecule has 1 aromatic rings. The molecule has 1 heterocycles. The van der Waals surface area contributed by atoms with Crippen molar-refractivity contribution < 1.29 is 5.11 Å². The van der Waals surface area contributed by atoms with Crippen LogP contribution in [0.4, 0.5) is 0 Å². The highest BCUT2D eigenvalue weighted by molar-refractivity contribution is 5.22. The van der Waals surface area contributed by atoms with Gasteiger partial charge in [0.2, 0.25) is 0 Å². The third-order valence-corrected chi connectivity index (χ3v) is 2.94. The van der Waals surface area contributed by atoms with Gasteiger partial charge in [0.15, 0.2) is 0 Å². The molecule has 0 saturated carbocycles. The van der Waals surface area contributed by atoms with Crippen molar-refractivity contribution in [3.05, 3.63) is 29.1 Å². The van der Waals surface area contributed by atoms with E-state index in [0.29, 0.717) is 5.92 Å². The van der Waals surface area contributed by atoms with Crippen LogP contribution in [0.25, 0.3) is 0 Å². The number of pyridine rings is 1. The third-order valence-electron chi connectivity index (χ3n) is 2.94. The second kappa shape index (κ2) is 5.26. The number of nitrogens with zero attached hydrogens (tertiary/aromatic N) is 1. The lowest BCUT2D eigenvalue weighted by atomic mass is 9.91. The molecule has 0 bridgehead atoms. The fourth-order valence-electron chi connectivity index (χ4n) is 2.04. The molecule has 0 radical (unpaired) electrons. The number of aliphatic hydroxyl groups is 1. The van der Waals surface area contributed by atoms with Crippen LogP contribution in [-0.4, -0.2) is 10.1 Å². The van der Waals surface area contributed by atoms with Crippen LogP contribution >= 0.6 is 0 Å². The van der Waals surface area contributed by atoms with Crippen LogP contribution in [0.5, 0.6) is 0 Å². The fraction of sp³-hybridized carbons (Fsp3) is 0.615. The van der Waals surface area contributed by atoms with Crippen molar-refractivity contribution >= 4 is 0 Å².